The van der Waals surface area contributed by atoms with Crippen molar-refractivity contribution in [2.75, 3.05) is 11.9 Å². The topological polar surface area (TPSA) is 21.3 Å². The van der Waals surface area contributed by atoms with Gasteiger partial charge in [0.25, 0.3) is 0 Å². The van der Waals surface area contributed by atoms with E-state index in [1.165, 1.54) is 12.1 Å². The van der Waals surface area contributed by atoms with Crippen LogP contribution in [-0.4, -0.2) is 6.61 Å². The number of anilines is 1. The fourth-order valence-electron chi connectivity index (χ4n) is 1.80. The van der Waals surface area contributed by atoms with Gasteiger partial charge in [0, 0.05) is 12.6 Å². The number of hydrogen-bond acceptors (Lipinski definition) is 2. The van der Waals surface area contributed by atoms with E-state index in [4.69, 9.17) is 4.74 Å². The summed E-state index contributed by atoms with van der Waals surface area (Å²) in [6, 6.07) is 11.1. The minimum atomic E-state index is -0.594. The lowest BCUT2D eigenvalue weighted by molar-refractivity contribution is 0.317. The summed E-state index contributed by atoms with van der Waals surface area (Å²) < 4.78 is 31.8. The highest BCUT2D eigenvalue weighted by molar-refractivity contribution is 5.45. The molecular weight excluding hydrogens is 260 g/mol. The molecule has 106 valence electrons. The van der Waals surface area contributed by atoms with E-state index in [9.17, 15) is 8.78 Å². The molecular formula is C16H17F2NO. The van der Waals surface area contributed by atoms with Crippen LogP contribution in [0.5, 0.6) is 5.75 Å². The van der Waals surface area contributed by atoms with Gasteiger partial charge in [0.1, 0.15) is 17.4 Å². The summed E-state index contributed by atoms with van der Waals surface area (Å²) in [5.41, 5.74) is 1.26. The van der Waals surface area contributed by atoms with E-state index in [1.54, 1.807) is 0 Å². The van der Waals surface area contributed by atoms with Gasteiger partial charge in [-0.15, -0.1) is 0 Å². The average Bonchev–Trinajstić information content (AvgIpc) is 2.45. The van der Waals surface area contributed by atoms with Crippen LogP contribution >= 0.6 is 0 Å². The molecule has 0 spiro atoms. The fourth-order valence-corrected chi connectivity index (χ4v) is 1.80. The molecule has 2 rings (SSSR count). The van der Waals surface area contributed by atoms with Crippen LogP contribution in [0.25, 0.3) is 0 Å². The first-order valence-corrected chi connectivity index (χ1v) is 6.59. The predicted molar refractivity (Wildman–Crippen MR) is 75.9 cm³/mol. The number of ether oxygens (including phenoxy) is 1. The highest BCUT2D eigenvalue weighted by Crippen LogP contribution is 2.18. The molecule has 4 heteroatoms. The van der Waals surface area contributed by atoms with Gasteiger partial charge in [0.2, 0.25) is 0 Å². The lowest BCUT2D eigenvalue weighted by atomic mass is 10.2. The zero-order valence-corrected chi connectivity index (χ0v) is 11.3. The lowest BCUT2D eigenvalue weighted by Gasteiger charge is -2.10. The molecule has 0 saturated carbocycles. The molecule has 1 N–H and O–H groups in total. The van der Waals surface area contributed by atoms with Crippen molar-refractivity contribution in [1.29, 1.82) is 0 Å². The standard InChI is InChI=1S/C16H17F2NO/c1-2-8-20-14-5-3-4-12(9-14)11-19-16-7-6-13(17)10-15(16)18/h3-7,9-10,19H,2,8,11H2,1H3. The Morgan fingerprint density at radius 1 is 1.10 bits per heavy atom. The van der Waals surface area contributed by atoms with Crippen molar-refractivity contribution >= 4 is 5.69 Å². The van der Waals surface area contributed by atoms with Crippen molar-refractivity contribution in [1.82, 2.24) is 0 Å². The van der Waals surface area contributed by atoms with E-state index in [-0.39, 0.29) is 5.69 Å². The summed E-state index contributed by atoms with van der Waals surface area (Å²) >= 11 is 0. The van der Waals surface area contributed by atoms with E-state index in [2.05, 4.69) is 5.32 Å². The first-order valence-electron chi connectivity index (χ1n) is 6.59. The molecule has 0 aliphatic carbocycles. The van der Waals surface area contributed by atoms with Gasteiger partial charge in [-0.05, 0) is 36.2 Å². The Kier molecular flexibility index (Phi) is 4.93. The van der Waals surface area contributed by atoms with Gasteiger partial charge in [0.05, 0.1) is 12.3 Å². The molecule has 2 aromatic carbocycles. The van der Waals surface area contributed by atoms with Crippen LogP contribution in [0.1, 0.15) is 18.9 Å². The van der Waals surface area contributed by atoms with Gasteiger partial charge in [-0.25, -0.2) is 8.78 Å². The molecule has 0 heterocycles. The van der Waals surface area contributed by atoms with Crippen LogP contribution in [0.2, 0.25) is 0 Å². The smallest absolute Gasteiger partial charge is 0.149 e. The Labute approximate surface area is 117 Å². The SMILES string of the molecule is CCCOc1cccc(CNc2ccc(F)cc2F)c1. The maximum atomic E-state index is 13.5. The van der Waals surface area contributed by atoms with Gasteiger partial charge in [-0.2, -0.15) is 0 Å². The van der Waals surface area contributed by atoms with Crippen LogP contribution in [0, 0.1) is 11.6 Å². The summed E-state index contributed by atoms with van der Waals surface area (Å²) in [5.74, 6) is -0.378. The summed E-state index contributed by atoms with van der Waals surface area (Å²) in [4.78, 5) is 0. The Balaban J connectivity index is 1.99. The minimum Gasteiger partial charge on any atom is -0.494 e. The highest BCUT2D eigenvalue weighted by Gasteiger charge is 2.03. The zero-order valence-electron chi connectivity index (χ0n) is 11.3. The molecule has 0 aliphatic rings. The number of hydrogen-bond donors (Lipinski definition) is 1. The van der Waals surface area contributed by atoms with Gasteiger partial charge < -0.3 is 10.1 Å². The van der Waals surface area contributed by atoms with E-state index in [0.29, 0.717) is 13.2 Å². The van der Waals surface area contributed by atoms with Crippen molar-refractivity contribution in [2.24, 2.45) is 0 Å². The van der Waals surface area contributed by atoms with Crippen molar-refractivity contribution in [2.45, 2.75) is 19.9 Å². The lowest BCUT2D eigenvalue weighted by Crippen LogP contribution is -2.02. The molecule has 0 atom stereocenters. The van der Waals surface area contributed by atoms with E-state index in [0.717, 1.165) is 23.8 Å². The number of benzene rings is 2. The molecule has 0 amide bonds. The maximum absolute atomic E-state index is 13.5. The zero-order chi connectivity index (χ0) is 14.4. The monoisotopic (exact) mass is 277 g/mol. The molecule has 0 bridgehead atoms. The second-order valence-corrected chi connectivity index (χ2v) is 4.47. The van der Waals surface area contributed by atoms with Crippen LogP contribution in [0.4, 0.5) is 14.5 Å². The molecule has 2 nitrogen and oxygen atoms in total. The van der Waals surface area contributed by atoms with Crippen molar-refractivity contribution < 1.29 is 13.5 Å². The normalized spacial score (nSPS) is 10.3. The van der Waals surface area contributed by atoms with E-state index < -0.39 is 11.6 Å². The third-order valence-electron chi connectivity index (χ3n) is 2.79. The Bertz CT molecular complexity index is 572. The van der Waals surface area contributed by atoms with Gasteiger partial charge in [-0.3, -0.25) is 0 Å². The van der Waals surface area contributed by atoms with Gasteiger partial charge in [0.15, 0.2) is 0 Å². The van der Waals surface area contributed by atoms with Crippen molar-refractivity contribution in [3.05, 3.63) is 59.7 Å². The average molecular weight is 277 g/mol. The summed E-state index contributed by atoms with van der Waals surface area (Å²) in [7, 11) is 0. The van der Waals surface area contributed by atoms with E-state index in [1.807, 2.05) is 31.2 Å². The minimum absolute atomic E-state index is 0.284. The largest absolute Gasteiger partial charge is 0.494 e. The fraction of sp³-hybridized carbons (Fsp3) is 0.250. The molecule has 2 aromatic rings. The Morgan fingerprint density at radius 2 is 1.95 bits per heavy atom. The quantitative estimate of drug-likeness (QED) is 0.846. The van der Waals surface area contributed by atoms with Crippen LogP contribution in [-0.2, 0) is 6.54 Å². The second-order valence-electron chi connectivity index (χ2n) is 4.47. The molecule has 20 heavy (non-hydrogen) atoms. The molecule has 0 aliphatic heterocycles. The highest BCUT2D eigenvalue weighted by atomic mass is 19.1. The van der Waals surface area contributed by atoms with Gasteiger partial charge >= 0.3 is 0 Å². The number of nitrogens with one attached hydrogen (secondary N) is 1. The molecule has 0 aromatic heterocycles. The Hall–Kier alpha value is -2.10. The predicted octanol–water partition coefficient (Wildman–Crippen LogP) is 4.37. The van der Waals surface area contributed by atoms with Gasteiger partial charge in [-0.1, -0.05) is 19.1 Å². The molecule has 0 radical (unpaired) electrons. The number of rotatable bonds is 6. The first-order chi connectivity index (χ1) is 9.69. The number of halogens is 2. The first kappa shape index (κ1) is 14.3. The van der Waals surface area contributed by atoms with Crippen LogP contribution in [0.15, 0.2) is 42.5 Å². The molecule has 0 fully saturated rings. The Morgan fingerprint density at radius 3 is 2.70 bits per heavy atom. The summed E-state index contributed by atoms with van der Waals surface area (Å²) in [6.07, 6.45) is 0.948. The van der Waals surface area contributed by atoms with Crippen molar-refractivity contribution in [3.63, 3.8) is 0 Å². The van der Waals surface area contributed by atoms with E-state index >= 15 is 0 Å². The van der Waals surface area contributed by atoms with Crippen molar-refractivity contribution in [3.8, 4) is 5.75 Å². The van der Waals surface area contributed by atoms with Crippen LogP contribution in [0.3, 0.4) is 0 Å². The summed E-state index contributed by atoms with van der Waals surface area (Å²) in [5, 5.41) is 2.94. The second kappa shape index (κ2) is 6.89. The maximum Gasteiger partial charge on any atom is 0.149 e. The molecule has 0 saturated heterocycles. The third kappa shape index (κ3) is 3.95. The third-order valence-corrected chi connectivity index (χ3v) is 2.79. The summed E-state index contributed by atoms with van der Waals surface area (Å²) in [6.45, 7) is 3.16. The molecule has 0 unspecified atom stereocenters. The van der Waals surface area contributed by atoms with Crippen LogP contribution < -0.4 is 10.1 Å².